The number of carbonyl (C=O) groups excluding carboxylic acids is 1. The summed E-state index contributed by atoms with van der Waals surface area (Å²) >= 11 is 5.59. The molecule has 5 nitrogen and oxygen atoms in total. The van der Waals surface area contributed by atoms with Crippen LogP contribution in [-0.4, -0.2) is 23.3 Å². The SMILES string of the molecule is CCOC(=O)c1cccc(NC(=S)NC2CC(C)(C)Oc3ccc(C)cc32)c1C. The Morgan fingerprint density at radius 2 is 2.03 bits per heavy atom. The number of rotatable bonds is 4. The van der Waals surface area contributed by atoms with Gasteiger partial charge < -0.3 is 20.1 Å². The number of anilines is 1. The molecule has 0 aromatic heterocycles. The molecule has 0 aliphatic carbocycles. The van der Waals surface area contributed by atoms with Crippen LogP contribution in [0.25, 0.3) is 0 Å². The highest BCUT2D eigenvalue weighted by atomic mass is 32.1. The maximum absolute atomic E-state index is 12.1. The lowest BCUT2D eigenvalue weighted by molar-refractivity contribution is 0.0525. The summed E-state index contributed by atoms with van der Waals surface area (Å²) in [6, 6.07) is 11.7. The van der Waals surface area contributed by atoms with Crippen molar-refractivity contribution in [2.45, 2.75) is 52.7 Å². The third-order valence-corrected chi connectivity index (χ3v) is 5.23. The Labute approximate surface area is 177 Å². The van der Waals surface area contributed by atoms with Crippen molar-refractivity contribution in [3.63, 3.8) is 0 Å². The molecule has 29 heavy (non-hydrogen) atoms. The lowest BCUT2D eigenvalue weighted by Gasteiger charge is -2.38. The van der Waals surface area contributed by atoms with E-state index in [0.717, 1.165) is 29.0 Å². The van der Waals surface area contributed by atoms with Crippen LogP contribution in [0.5, 0.6) is 5.75 Å². The Balaban J connectivity index is 1.79. The van der Waals surface area contributed by atoms with E-state index in [1.165, 1.54) is 5.56 Å². The van der Waals surface area contributed by atoms with E-state index in [2.05, 4.69) is 43.5 Å². The number of benzene rings is 2. The molecule has 1 aliphatic rings. The van der Waals surface area contributed by atoms with E-state index < -0.39 is 0 Å². The van der Waals surface area contributed by atoms with Gasteiger partial charge in [-0.05, 0) is 70.6 Å². The summed E-state index contributed by atoms with van der Waals surface area (Å²) in [7, 11) is 0. The minimum absolute atomic E-state index is 0.0298. The molecule has 6 heteroatoms. The summed E-state index contributed by atoms with van der Waals surface area (Å²) in [6.07, 6.45) is 0.785. The number of nitrogens with one attached hydrogen (secondary N) is 2. The number of thiocarbonyl (C=S) groups is 1. The molecule has 1 aliphatic heterocycles. The van der Waals surface area contributed by atoms with Crippen LogP contribution in [0.2, 0.25) is 0 Å². The Morgan fingerprint density at radius 3 is 2.76 bits per heavy atom. The average Bonchev–Trinajstić information content (AvgIpc) is 2.63. The summed E-state index contributed by atoms with van der Waals surface area (Å²) in [6.45, 7) is 10.2. The van der Waals surface area contributed by atoms with E-state index in [9.17, 15) is 4.79 Å². The summed E-state index contributed by atoms with van der Waals surface area (Å²) in [5, 5.41) is 7.17. The van der Waals surface area contributed by atoms with Crippen molar-refractivity contribution >= 4 is 29.0 Å². The number of carbonyl (C=O) groups is 1. The second-order valence-corrected chi connectivity index (χ2v) is 8.37. The van der Waals surface area contributed by atoms with Crippen LogP contribution in [0.3, 0.4) is 0 Å². The number of hydrogen-bond acceptors (Lipinski definition) is 4. The number of esters is 1. The molecule has 0 saturated heterocycles. The highest BCUT2D eigenvalue weighted by Crippen LogP contribution is 2.39. The van der Waals surface area contributed by atoms with E-state index in [1.807, 2.05) is 25.1 Å². The quantitative estimate of drug-likeness (QED) is 0.540. The van der Waals surface area contributed by atoms with Crippen molar-refractivity contribution in [1.29, 1.82) is 0 Å². The first-order valence-corrected chi connectivity index (χ1v) is 10.2. The van der Waals surface area contributed by atoms with Gasteiger partial charge in [-0.15, -0.1) is 0 Å². The van der Waals surface area contributed by atoms with E-state index in [1.54, 1.807) is 13.0 Å². The van der Waals surface area contributed by atoms with Gasteiger partial charge in [0.15, 0.2) is 5.11 Å². The van der Waals surface area contributed by atoms with Gasteiger partial charge in [0, 0.05) is 17.7 Å². The molecule has 1 atom stereocenters. The fraction of sp³-hybridized carbons (Fsp3) is 0.391. The molecule has 0 spiro atoms. The van der Waals surface area contributed by atoms with E-state index in [0.29, 0.717) is 17.3 Å². The standard InChI is InChI=1S/C23H28N2O3S/c1-6-27-21(26)16-8-7-9-18(15(16)3)24-22(29)25-19-13-23(4,5)28-20-11-10-14(2)12-17(19)20/h7-12,19H,6,13H2,1-5H3,(H2,24,25,29). The number of fused-ring (bicyclic) bond motifs is 1. The number of aryl methyl sites for hydroxylation is 1. The van der Waals surface area contributed by atoms with Gasteiger partial charge in [0.25, 0.3) is 0 Å². The molecule has 0 bridgehead atoms. The molecule has 0 saturated carbocycles. The van der Waals surface area contributed by atoms with Crippen LogP contribution < -0.4 is 15.4 Å². The lowest BCUT2D eigenvalue weighted by atomic mass is 9.89. The molecular weight excluding hydrogens is 384 g/mol. The third-order valence-electron chi connectivity index (χ3n) is 5.01. The predicted molar refractivity (Wildman–Crippen MR) is 120 cm³/mol. The van der Waals surface area contributed by atoms with Crippen molar-refractivity contribution in [3.8, 4) is 5.75 Å². The number of hydrogen-bond donors (Lipinski definition) is 2. The van der Waals surface area contributed by atoms with Crippen LogP contribution in [0, 0.1) is 13.8 Å². The molecule has 0 amide bonds. The van der Waals surface area contributed by atoms with Gasteiger partial charge in [0.1, 0.15) is 11.4 Å². The molecule has 0 radical (unpaired) electrons. The van der Waals surface area contributed by atoms with Crippen molar-refractivity contribution in [2.24, 2.45) is 0 Å². The highest BCUT2D eigenvalue weighted by Gasteiger charge is 2.34. The Kier molecular flexibility index (Phi) is 6.13. The zero-order chi connectivity index (χ0) is 21.2. The Morgan fingerprint density at radius 1 is 1.28 bits per heavy atom. The van der Waals surface area contributed by atoms with Crippen LogP contribution in [0.1, 0.15) is 60.3 Å². The largest absolute Gasteiger partial charge is 0.487 e. The summed E-state index contributed by atoms with van der Waals surface area (Å²) < 4.78 is 11.3. The van der Waals surface area contributed by atoms with Crippen LogP contribution in [0.15, 0.2) is 36.4 Å². The normalized spacial score (nSPS) is 16.9. The number of ether oxygens (including phenoxy) is 2. The molecular formula is C23H28N2O3S. The molecule has 3 rings (SSSR count). The predicted octanol–water partition coefficient (Wildman–Crippen LogP) is 5.07. The third kappa shape index (κ3) is 4.88. The summed E-state index contributed by atoms with van der Waals surface area (Å²) in [4.78, 5) is 12.1. The zero-order valence-electron chi connectivity index (χ0n) is 17.6. The van der Waals surface area contributed by atoms with Crippen molar-refractivity contribution in [1.82, 2.24) is 5.32 Å². The fourth-order valence-electron chi connectivity index (χ4n) is 3.62. The van der Waals surface area contributed by atoms with Gasteiger partial charge in [-0.1, -0.05) is 23.8 Å². The van der Waals surface area contributed by atoms with Crippen molar-refractivity contribution in [3.05, 3.63) is 58.7 Å². The zero-order valence-corrected chi connectivity index (χ0v) is 18.4. The first kappa shape index (κ1) is 21.1. The summed E-state index contributed by atoms with van der Waals surface area (Å²) in [5.41, 5.74) is 4.10. The first-order chi connectivity index (χ1) is 13.7. The van der Waals surface area contributed by atoms with Crippen LogP contribution in [0.4, 0.5) is 5.69 Å². The topological polar surface area (TPSA) is 59.6 Å². The highest BCUT2D eigenvalue weighted by molar-refractivity contribution is 7.80. The van der Waals surface area contributed by atoms with Gasteiger partial charge in [-0.2, -0.15) is 0 Å². The minimum Gasteiger partial charge on any atom is -0.487 e. The fourth-order valence-corrected chi connectivity index (χ4v) is 3.87. The minimum atomic E-state index is -0.330. The molecule has 0 fully saturated rings. The van der Waals surface area contributed by atoms with Gasteiger partial charge >= 0.3 is 5.97 Å². The lowest BCUT2D eigenvalue weighted by Crippen LogP contribution is -2.42. The summed E-state index contributed by atoms with van der Waals surface area (Å²) in [5.74, 6) is 0.552. The second-order valence-electron chi connectivity index (χ2n) is 7.96. The maximum Gasteiger partial charge on any atom is 0.338 e. The maximum atomic E-state index is 12.1. The molecule has 2 N–H and O–H groups in total. The van der Waals surface area contributed by atoms with E-state index in [4.69, 9.17) is 21.7 Å². The molecule has 2 aromatic carbocycles. The Bertz CT molecular complexity index is 940. The van der Waals surface area contributed by atoms with Crippen molar-refractivity contribution in [2.75, 3.05) is 11.9 Å². The van der Waals surface area contributed by atoms with Crippen molar-refractivity contribution < 1.29 is 14.3 Å². The van der Waals surface area contributed by atoms with Crippen LogP contribution in [-0.2, 0) is 4.74 Å². The second kappa shape index (κ2) is 8.41. The Hall–Kier alpha value is -2.60. The van der Waals surface area contributed by atoms with Crippen LogP contribution >= 0.6 is 12.2 Å². The van der Waals surface area contributed by atoms with E-state index >= 15 is 0 Å². The first-order valence-electron chi connectivity index (χ1n) is 9.84. The van der Waals surface area contributed by atoms with Gasteiger partial charge in [-0.25, -0.2) is 4.79 Å². The van der Waals surface area contributed by atoms with Gasteiger partial charge in [0.05, 0.1) is 18.2 Å². The average molecular weight is 413 g/mol. The van der Waals surface area contributed by atoms with Gasteiger partial charge in [-0.3, -0.25) is 0 Å². The smallest absolute Gasteiger partial charge is 0.338 e. The molecule has 1 heterocycles. The van der Waals surface area contributed by atoms with E-state index in [-0.39, 0.29) is 17.6 Å². The molecule has 154 valence electrons. The molecule has 2 aromatic rings. The molecule has 1 unspecified atom stereocenters. The van der Waals surface area contributed by atoms with Gasteiger partial charge in [0.2, 0.25) is 0 Å². The monoisotopic (exact) mass is 412 g/mol.